The first kappa shape index (κ1) is 13.4. The van der Waals surface area contributed by atoms with Crippen LogP contribution in [0.2, 0.25) is 0 Å². The summed E-state index contributed by atoms with van der Waals surface area (Å²) in [6, 6.07) is 14.0. The van der Waals surface area contributed by atoms with Crippen LogP contribution in [0.5, 0.6) is 0 Å². The number of carbonyl (C=O) groups is 1. The largest absolute Gasteiger partial charge is 0.347 e. The van der Waals surface area contributed by atoms with Crippen LogP contribution >= 0.6 is 0 Å². The minimum atomic E-state index is 0.0753. The molecule has 2 aromatic rings. The Bertz CT molecular complexity index is 543. The van der Waals surface area contributed by atoms with Crippen LogP contribution in [0, 0.1) is 0 Å². The summed E-state index contributed by atoms with van der Waals surface area (Å²) in [7, 11) is 1.90. The minimum absolute atomic E-state index is 0.0753. The Morgan fingerprint density at radius 3 is 2.37 bits per heavy atom. The molecule has 19 heavy (non-hydrogen) atoms. The van der Waals surface area contributed by atoms with E-state index in [0.717, 1.165) is 11.3 Å². The van der Waals surface area contributed by atoms with Gasteiger partial charge in [0.25, 0.3) is 5.91 Å². The van der Waals surface area contributed by atoms with E-state index in [2.05, 4.69) is 0 Å². The number of amides is 1. The van der Waals surface area contributed by atoms with E-state index in [1.165, 1.54) is 0 Å². The number of nitrogens with zero attached hydrogens (tertiary/aromatic N) is 2. The van der Waals surface area contributed by atoms with Gasteiger partial charge in [-0.2, -0.15) is 0 Å². The van der Waals surface area contributed by atoms with Crippen molar-refractivity contribution in [1.82, 2.24) is 9.47 Å². The van der Waals surface area contributed by atoms with Crippen molar-refractivity contribution in [3.63, 3.8) is 0 Å². The summed E-state index contributed by atoms with van der Waals surface area (Å²) >= 11 is 0. The molecule has 0 saturated carbocycles. The van der Waals surface area contributed by atoms with Crippen molar-refractivity contribution in [2.75, 3.05) is 0 Å². The molecule has 1 aromatic carbocycles. The number of carbonyl (C=O) groups excluding carboxylic acids is 1. The number of benzene rings is 1. The fourth-order valence-electron chi connectivity index (χ4n) is 2.10. The lowest BCUT2D eigenvalue weighted by Crippen LogP contribution is -2.37. The lowest BCUT2D eigenvalue weighted by molar-refractivity contribution is 0.0680. The molecule has 0 spiro atoms. The zero-order valence-corrected chi connectivity index (χ0v) is 11.7. The van der Waals surface area contributed by atoms with Gasteiger partial charge in [-0.1, -0.05) is 30.3 Å². The molecule has 0 aliphatic rings. The Labute approximate surface area is 114 Å². The summed E-state index contributed by atoms with van der Waals surface area (Å²) in [5.74, 6) is 0.0753. The van der Waals surface area contributed by atoms with Crippen molar-refractivity contribution in [1.29, 1.82) is 0 Å². The van der Waals surface area contributed by atoms with Gasteiger partial charge >= 0.3 is 0 Å². The third-order valence-electron chi connectivity index (χ3n) is 3.24. The molecule has 1 aromatic heterocycles. The van der Waals surface area contributed by atoms with E-state index < -0.39 is 0 Å². The van der Waals surface area contributed by atoms with Gasteiger partial charge in [0.15, 0.2) is 0 Å². The summed E-state index contributed by atoms with van der Waals surface area (Å²) < 4.78 is 1.86. The minimum Gasteiger partial charge on any atom is -0.347 e. The third-order valence-corrected chi connectivity index (χ3v) is 3.24. The van der Waals surface area contributed by atoms with Crippen LogP contribution < -0.4 is 0 Å². The van der Waals surface area contributed by atoms with Crippen LogP contribution in [0.4, 0.5) is 0 Å². The quantitative estimate of drug-likeness (QED) is 0.825. The number of hydrogen-bond donors (Lipinski definition) is 0. The zero-order chi connectivity index (χ0) is 13.8. The molecule has 100 valence electrons. The third kappa shape index (κ3) is 3.05. The lowest BCUT2D eigenvalue weighted by atomic mass is 10.1. The number of rotatable bonds is 4. The SMILES string of the molecule is CC(C)N(Cc1ccccc1)C(=O)c1cccn1C. The summed E-state index contributed by atoms with van der Waals surface area (Å²) in [5, 5.41) is 0. The van der Waals surface area contributed by atoms with Gasteiger partial charge in [0.2, 0.25) is 0 Å². The Hall–Kier alpha value is -2.03. The van der Waals surface area contributed by atoms with Crippen molar-refractivity contribution in [3.05, 3.63) is 59.9 Å². The van der Waals surface area contributed by atoms with Gasteiger partial charge in [0.05, 0.1) is 0 Å². The predicted molar refractivity (Wildman–Crippen MR) is 76.9 cm³/mol. The smallest absolute Gasteiger partial charge is 0.270 e. The molecule has 0 aliphatic heterocycles. The molecule has 2 rings (SSSR count). The van der Waals surface area contributed by atoms with Gasteiger partial charge in [-0.3, -0.25) is 4.79 Å². The number of aryl methyl sites for hydroxylation is 1. The van der Waals surface area contributed by atoms with E-state index in [-0.39, 0.29) is 11.9 Å². The van der Waals surface area contributed by atoms with Crippen molar-refractivity contribution in [2.45, 2.75) is 26.4 Å². The molecule has 1 amide bonds. The van der Waals surface area contributed by atoms with E-state index >= 15 is 0 Å². The van der Waals surface area contributed by atoms with Gasteiger partial charge in [-0.05, 0) is 31.5 Å². The molecule has 0 aliphatic carbocycles. The van der Waals surface area contributed by atoms with Crippen LogP contribution in [0.25, 0.3) is 0 Å². The van der Waals surface area contributed by atoms with E-state index in [9.17, 15) is 4.79 Å². The van der Waals surface area contributed by atoms with E-state index in [0.29, 0.717) is 6.54 Å². The summed E-state index contributed by atoms with van der Waals surface area (Å²) in [6.45, 7) is 4.73. The van der Waals surface area contributed by atoms with E-state index in [4.69, 9.17) is 0 Å². The average molecular weight is 256 g/mol. The topological polar surface area (TPSA) is 25.2 Å². The van der Waals surface area contributed by atoms with Gasteiger partial charge in [0.1, 0.15) is 5.69 Å². The molecule has 0 unspecified atom stereocenters. The van der Waals surface area contributed by atoms with Crippen molar-refractivity contribution < 1.29 is 4.79 Å². The normalized spacial score (nSPS) is 10.7. The zero-order valence-electron chi connectivity index (χ0n) is 11.7. The number of hydrogen-bond acceptors (Lipinski definition) is 1. The number of aromatic nitrogens is 1. The molecule has 0 atom stereocenters. The predicted octanol–water partition coefficient (Wildman–Crippen LogP) is 3.08. The van der Waals surface area contributed by atoms with E-state index in [1.54, 1.807) is 0 Å². The maximum absolute atomic E-state index is 12.6. The first-order chi connectivity index (χ1) is 9.09. The van der Waals surface area contributed by atoms with Crippen LogP contribution in [0.1, 0.15) is 29.9 Å². The second-order valence-electron chi connectivity index (χ2n) is 5.02. The fourth-order valence-corrected chi connectivity index (χ4v) is 2.10. The van der Waals surface area contributed by atoms with Crippen molar-refractivity contribution in [3.8, 4) is 0 Å². The molecule has 3 heteroatoms. The van der Waals surface area contributed by atoms with Crippen LogP contribution in [-0.4, -0.2) is 21.4 Å². The highest BCUT2D eigenvalue weighted by Gasteiger charge is 2.20. The molecular formula is C16H20N2O. The Balaban J connectivity index is 2.22. The maximum Gasteiger partial charge on any atom is 0.270 e. The van der Waals surface area contributed by atoms with Gasteiger partial charge < -0.3 is 9.47 Å². The second-order valence-corrected chi connectivity index (χ2v) is 5.02. The summed E-state index contributed by atoms with van der Waals surface area (Å²) in [4.78, 5) is 14.5. The van der Waals surface area contributed by atoms with Gasteiger partial charge in [0, 0.05) is 25.8 Å². The second kappa shape index (κ2) is 5.74. The molecular weight excluding hydrogens is 236 g/mol. The van der Waals surface area contributed by atoms with Crippen LogP contribution in [-0.2, 0) is 13.6 Å². The van der Waals surface area contributed by atoms with Crippen LogP contribution in [0.15, 0.2) is 48.7 Å². The van der Waals surface area contributed by atoms with Gasteiger partial charge in [-0.25, -0.2) is 0 Å². The fraction of sp³-hybridized carbons (Fsp3) is 0.312. The molecule has 0 N–H and O–H groups in total. The lowest BCUT2D eigenvalue weighted by Gasteiger charge is -2.27. The first-order valence-corrected chi connectivity index (χ1v) is 6.56. The molecule has 0 saturated heterocycles. The average Bonchev–Trinajstić information content (AvgIpc) is 2.82. The molecule has 0 radical (unpaired) electrons. The van der Waals surface area contributed by atoms with E-state index in [1.807, 2.05) is 79.0 Å². The van der Waals surface area contributed by atoms with Crippen molar-refractivity contribution >= 4 is 5.91 Å². The monoisotopic (exact) mass is 256 g/mol. The molecule has 3 nitrogen and oxygen atoms in total. The highest BCUT2D eigenvalue weighted by molar-refractivity contribution is 5.92. The van der Waals surface area contributed by atoms with Gasteiger partial charge in [-0.15, -0.1) is 0 Å². The Morgan fingerprint density at radius 2 is 1.84 bits per heavy atom. The Morgan fingerprint density at radius 1 is 1.16 bits per heavy atom. The molecule has 0 fully saturated rings. The highest BCUT2D eigenvalue weighted by Crippen LogP contribution is 2.13. The highest BCUT2D eigenvalue weighted by atomic mass is 16.2. The standard InChI is InChI=1S/C16H20N2O/c1-13(2)18(12-14-8-5-4-6-9-14)16(19)15-10-7-11-17(15)3/h4-11,13H,12H2,1-3H3. The summed E-state index contributed by atoms with van der Waals surface area (Å²) in [5.41, 5.74) is 1.88. The first-order valence-electron chi connectivity index (χ1n) is 6.56. The van der Waals surface area contributed by atoms with Crippen molar-refractivity contribution in [2.24, 2.45) is 7.05 Å². The Kier molecular flexibility index (Phi) is 4.05. The molecule has 0 bridgehead atoms. The van der Waals surface area contributed by atoms with Crippen LogP contribution in [0.3, 0.4) is 0 Å². The maximum atomic E-state index is 12.6. The summed E-state index contributed by atoms with van der Waals surface area (Å²) in [6.07, 6.45) is 1.90. The molecule has 1 heterocycles.